The molecule has 0 radical (unpaired) electrons. The van der Waals surface area contributed by atoms with E-state index in [1.54, 1.807) is 18.3 Å². The van der Waals surface area contributed by atoms with Crippen LogP contribution in [-0.4, -0.2) is 52.6 Å². The first-order valence-corrected chi connectivity index (χ1v) is 11.3. The Kier molecular flexibility index (Phi) is 5.53. The Hall–Kier alpha value is -3.75. The molecule has 9 heteroatoms. The van der Waals surface area contributed by atoms with E-state index in [1.807, 2.05) is 18.2 Å². The number of aromatic nitrogens is 1. The summed E-state index contributed by atoms with van der Waals surface area (Å²) in [5, 5.41) is 5.18. The summed E-state index contributed by atoms with van der Waals surface area (Å²) < 4.78 is 0. The molecule has 0 spiro atoms. The summed E-state index contributed by atoms with van der Waals surface area (Å²) in [5.41, 5.74) is 2.64. The van der Waals surface area contributed by atoms with Crippen LogP contribution in [0, 0.1) is 0 Å². The summed E-state index contributed by atoms with van der Waals surface area (Å²) in [6.07, 6.45) is 4.48. The third-order valence-electron chi connectivity index (χ3n) is 6.49. The van der Waals surface area contributed by atoms with Crippen LogP contribution in [0.25, 0.3) is 0 Å². The van der Waals surface area contributed by atoms with Gasteiger partial charge in [-0.2, -0.15) is 0 Å². The van der Waals surface area contributed by atoms with E-state index in [2.05, 4.69) is 20.5 Å². The number of fused-ring (bicyclic) bond motifs is 1. The number of rotatable bonds is 5. The minimum Gasteiger partial charge on any atom is -0.357 e. The van der Waals surface area contributed by atoms with E-state index in [-0.39, 0.29) is 30.7 Å². The van der Waals surface area contributed by atoms with Gasteiger partial charge in [-0.15, -0.1) is 0 Å². The molecule has 2 saturated heterocycles. The van der Waals surface area contributed by atoms with Gasteiger partial charge in [0.15, 0.2) is 0 Å². The van der Waals surface area contributed by atoms with Gasteiger partial charge >= 0.3 is 0 Å². The lowest BCUT2D eigenvalue weighted by Crippen LogP contribution is -2.52. The maximum Gasteiger partial charge on any atom is 0.255 e. The molecular weight excluding hydrogens is 422 g/mol. The fraction of sp³-hybridized carbons (Fsp3) is 0.375. The Bertz CT molecular complexity index is 1120. The van der Waals surface area contributed by atoms with Crippen LogP contribution in [-0.2, 0) is 22.7 Å². The summed E-state index contributed by atoms with van der Waals surface area (Å²) in [6.45, 7) is 2.60. The van der Waals surface area contributed by atoms with Crippen molar-refractivity contribution in [2.24, 2.45) is 0 Å². The van der Waals surface area contributed by atoms with E-state index in [9.17, 15) is 19.2 Å². The Labute approximate surface area is 191 Å². The first-order chi connectivity index (χ1) is 16.0. The van der Waals surface area contributed by atoms with E-state index in [0.717, 1.165) is 30.0 Å². The number of benzene rings is 1. The minimum absolute atomic E-state index is 0.224. The lowest BCUT2D eigenvalue weighted by molar-refractivity contribution is -0.136. The van der Waals surface area contributed by atoms with Crippen LogP contribution in [0.2, 0.25) is 0 Å². The third-order valence-corrected chi connectivity index (χ3v) is 6.49. The molecule has 4 heterocycles. The number of pyridine rings is 1. The number of anilines is 1. The molecule has 1 aromatic carbocycles. The molecule has 2 N–H and O–H groups in total. The maximum atomic E-state index is 12.9. The van der Waals surface area contributed by atoms with Crippen molar-refractivity contribution in [2.45, 2.75) is 44.8 Å². The number of hydrogen-bond acceptors (Lipinski definition) is 6. The van der Waals surface area contributed by atoms with E-state index >= 15 is 0 Å². The van der Waals surface area contributed by atoms with Gasteiger partial charge in [0.2, 0.25) is 11.8 Å². The lowest BCUT2D eigenvalue weighted by Gasteiger charge is -2.29. The largest absolute Gasteiger partial charge is 0.357 e. The van der Waals surface area contributed by atoms with Gasteiger partial charge in [-0.25, -0.2) is 4.98 Å². The van der Waals surface area contributed by atoms with Gasteiger partial charge in [-0.05, 0) is 48.6 Å². The van der Waals surface area contributed by atoms with Crippen molar-refractivity contribution in [3.8, 4) is 0 Å². The van der Waals surface area contributed by atoms with E-state index < -0.39 is 11.9 Å². The van der Waals surface area contributed by atoms with Gasteiger partial charge < -0.3 is 15.1 Å². The highest BCUT2D eigenvalue weighted by Crippen LogP contribution is 2.28. The summed E-state index contributed by atoms with van der Waals surface area (Å²) >= 11 is 0. The lowest BCUT2D eigenvalue weighted by atomic mass is 10.0. The quantitative estimate of drug-likeness (QED) is 0.670. The molecular formula is C24H25N5O4. The topological polar surface area (TPSA) is 112 Å². The molecule has 5 rings (SSSR count). The zero-order valence-electron chi connectivity index (χ0n) is 18.2. The minimum atomic E-state index is -0.637. The molecule has 0 bridgehead atoms. The van der Waals surface area contributed by atoms with E-state index in [4.69, 9.17) is 0 Å². The summed E-state index contributed by atoms with van der Waals surface area (Å²) in [5.74, 6) is -0.299. The van der Waals surface area contributed by atoms with Crippen molar-refractivity contribution in [1.82, 2.24) is 20.5 Å². The molecule has 0 saturated carbocycles. The molecule has 2 fully saturated rings. The normalized spacial score (nSPS) is 20.1. The highest BCUT2D eigenvalue weighted by atomic mass is 16.2. The van der Waals surface area contributed by atoms with Crippen LogP contribution in [0.4, 0.5) is 5.82 Å². The van der Waals surface area contributed by atoms with Crippen LogP contribution in [0.5, 0.6) is 0 Å². The van der Waals surface area contributed by atoms with Gasteiger partial charge in [-0.1, -0.05) is 12.1 Å². The molecule has 1 atom stereocenters. The molecule has 1 unspecified atom stereocenters. The van der Waals surface area contributed by atoms with Crippen molar-refractivity contribution >= 4 is 29.4 Å². The zero-order valence-corrected chi connectivity index (χ0v) is 18.2. The average Bonchev–Trinajstić information content (AvgIpc) is 3.46. The van der Waals surface area contributed by atoms with Gasteiger partial charge in [-0.3, -0.25) is 24.5 Å². The highest BCUT2D eigenvalue weighted by molar-refractivity contribution is 6.05. The predicted molar refractivity (Wildman–Crippen MR) is 119 cm³/mol. The van der Waals surface area contributed by atoms with E-state index in [0.29, 0.717) is 24.1 Å². The predicted octanol–water partition coefficient (Wildman–Crippen LogP) is 1.37. The Morgan fingerprint density at radius 1 is 1.12 bits per heavy atom. The number of nitrogens with one attached hydrogen (secondary N) is 2. The van der Waals surface area contributed by atoms with Crippen LogP contribution >= 0.6 is 0 Å². The first kappa shape index (κ1) is 21.1. The SMILES string of the molecule is O=C1CCC(N2Cc3ccc(CNC(=O)c4ccc(N5CCCC5)nc4)cc3C2=O)C(=O)N1. The standard InChI is InChI=1S/C24H25N5O4/c30-21-8-6-19(23(32)27-21)29-14-17-4-3-15(11-18(17)24(29)33)12-26-22(31)16-5-7-20(25-13-16)28-9-1-2-10-28/h3-5,7,11,13,19H,1-2,6,8-10,12,14H2,(H,26,31)(H,27,30,32). The second kappa shape index (κ2) is 8.65. The number of hydrogen-bond donors (Lipinski definition) is 2. The molecule has 33 heavy (non-hydrogen) atoms. The van der Waals surface area contributed by atoms with Crippen molar-refractivity contribution in [2.75, 3.05) is 18.0 Å². The van der Waals surface area contributed by atoms with Crippen LogP contribution in [0.1, 0.15) is 57.5 Å². The molecule has 2 aromatic rings. The number of imide groups is 1. The van der Waals surface area contributed by atoms with Gasteiger partial charge in [0.25, 0.3) is 11.8 Å². The van der Waals surface area contributed by atoms with E-state index in [1.165, 1.54) is 17.7 Å². The molecule has 1 aromatic heterocycles. The fourth-order valence-electron chi connectivity index (χ4n) is 4.65. The smallest absolute Gasteiger partial charge is 0.255 e. The number of carbonyl (C=O) groups is 4. The monoisotopic (exact) mass is 447 g/mol. The Morgan fingerprint density at radius 3 is 2.67 bits per heavy atom. The molecule has 4 amide bonds. The summed E-state index contributed by atoms with van der Waals surface area (Å²) in [6, 6.07) is 8.50. The maximum absolute atomic E-state index is 12.9. The fourth-order valence-corrected chi connectivity index (χ4v) is 4.65. The second-order valence-electron chi connectivity index (χ2n) is 8.67. The Morgan fingerprint density at radius 2 is 1.94 bits per heavy atom. The number of amides is 4. The van der Waals surface area contributed by atoms with Crippen LogP contribution in [0.15, 0.2) is 36.5 Å². The van der Waals surface area contributed by atoms with Gasteiger partial charge in [0.05, 0.1) is 5.56 Å². The summed E-state index contributed by atoms with van der Waals surface area (Å²) in [7, 11) is 0. The molecule has 3 aliphatic rings. The molecule has 3 aliphatic heterocycles. The second-order valence-corrected chi connectivity index (χ2v) is 8.67. The van der Waals surface area contributed by atoms with Crippen molar-refractivity contribution < 1.29 is 19.2 Å². The zero-order chi connectivity index (χ0) is 22.9. The van der Waals surface area contributed by atoms with Crippen LogP contribution < -0.4 is 15.5 Å². The molecule has 0 aliphatic carbocycles. The highest BCUT2D eigenvalue weighted by Gasteiger charge is 2.39. The van der Waals surface area contributed by atoms with Crippen LogP contribution in [0.3, 0.4) is 0 Å². The third kappa shape index (κ3) is 4.18. The van der Waals surface area contributed by atoms with Crippen molar-refractivity contribution in [3.63, 3.8) is 0 Å². The number of carbonyl (C=O) groups excluding carboxylic acids is 4. The number of piperidine rings is 1. The molecule has 9 nitrogen and oxygen atoms in total. The van der Waals surface area contributed by atoms with Gasteiger partial charge in [0.1, 0.15) is 11.9 Å². The van der Waals surface area contributed by atoms with Crippen molar-refractivity contribution in [1.29, 1.82) is 0 Å². The first-order valence-electron chi connectivity index (χ1n) is 11.3. The number of nitrogens with zero attached hydrogens (tertiary/aromatic N) is 3. The molecule has 170 valence electrons. The Balaban J connectivity index is 1.21. The average molecular weight is 447 g/mol. The summed E-state index contributed by atoms with van der Waals surface area (Å²) in [4.78, 5) is 57.2. The van der Waals surface area contributed by atoms with Crippen molar-refractivity contribution in [3.05, 3.63) is 58.8 Å². The van der Waals surface area contributed by atoms with Gasteiger partial charge in [0, 0.05) is 44.4 Å².